The van der Waals surface area contributed by atoms with Gasteiger partial charge in [0.25, 0.3) is 0 Å². The van der Waals surface area contributed by atoms with Gasteiger partial charge in [0.05, 0.1) is 0 Å². The van der Waals surface area contributed by atoms with Crippen LogP contribution in [0.3, 0.4) is 0 Å². The van der Waals surface area contributed by atoms with Crippen molar-refractivity contribution in [2.45, 2.75) is 0 Å². The minimum absolute atomic E-state index is 1.00. The summed E-state index contributed by atoms with van der Waals surface area (Å²) in [4.78, 5) is 0. The molecule has 1 aliphatic heterocycles. The normalized spacial score (nSPS) is 15.8. The zero-order chi connectivity index (χ0) is 6.24. The van der Waals surface area contributed by atoms with Crippen LogP contribution in [0.4, 0.5) is 0 Å². The third kappa shape index (κ3) is 5.97. The van der Waals surface area contributed by atoms with Crippen LogP contribution in [0.5, 0.6) is 0 Å². The van der Waals surface area contributed by atoms with Crippen LogP contribution >= 0.6 is 0 Å². The molecule has 0 atom stereocenters. The van der Waals surface area contributed by atoms with Crippen molar-refractivity contribution in [3.8, 4) is 0 Å². The molecule has 0 spiro atoms. The molecule has 1 saturated heterocycles. The Hall–Kier alpha value is -0.0301. The van der Waals surface area contributed by atoms with E-state index in [0.717, 1.165) is 20.6 Å². The number of rotatable bonds is 0. The molecule has 8 heavy (non-hydrogen) atoms. The minimum Gasteiger partial charge on any atom is -0.360 e. The minimum atomic E-state index is 1.00. The summed E-state index contributed by atoms with van der Waals surface area (Å²) in [5, 5.41) is 5.97. The molecule has 0 unspecified atom stereocenters. The molecule has 0 aromatic rings. The fourth-order valence-corrected chi connectivity index (χ4v) is 0.361. The second kappa shape index (κ2) is 6.97. The monoisotopic (exact) mass is 112 g/mol. The molecule has 1 fully saturated rings. The average Bonchev–Trinajstić information content (AvgIpc) is 2.17. The van der Waals surface area contributed by atoms with Crippen LogP contribution in [0.15, 0.2) is 0 Å². The van der Waals surface area contributed by atoms with Gasteiger partial charge in [-0.1, -0.05) is 0 Å². The number of hydrogen-bond acceptors (Lipinski definition) is 4. The van der Waals surface area contributed by atoms with Gasteiger partial charge in [0.1, 0.15) is 0 Å². The maximum Gasteiger partial charge on any atom is 0.307 e. The predicted molar refractivity (Wildman–Crippen MR) is 35.9 cm³/mol. The van der Waals surface area contributed by atoms with Gasteiger partial charge in [-0.05, 0) is 13.1 Å². The maximum absolute atomic E-state index is 4.50. The van der Waals surface area contributed by atoms with Gasteiger partial charge in [0.15, 0.2) is 0 Å². The highest BCUT2D eigenvalue weighted by atomic mass is 15.0. The van der Waals surface area contributed by atoms with E-state index in [1.165, 1.54) is 0 Å². The van der Waals surface area contributed by atoms with Gasteiger partial charge < -0.3 is 21.7 Å². The molecule has 44 valence electrons. The zero-order valence-corrected chi connectivity index (χ0v) is 4.72. The lowest BCUT2D eigenvalue weighted by Crippen LogP contribution is -2.17. The van der Waals surface area contributed by atoms with Crippen molar-refractivity contribution in [3.63, 3.8) is 0 Å². The summed E-state index contributed by atoms with van der Waals surface area (Å²) in [6.07, 6.45) is 0. The first-order valence-corrected chi connectivity index (χ1v) is 2.45. The second-order valence-corrected chi connectivity index (χ2v) is 1.25. The van der Waals surface area contributed by atoms with Crippen molar-refractivity contribution in [2.24, 2.45) is 11.3 Å². The van der Waals surface area contributed by atoms with Gasteiger partial charge in [-0.3, -0.25) is 0 Å². The quantitative estimate of drug-likeness (QED) is 0.254. The molecule has 6 heteroatoms. The van der Waals surface area contributed by atoms with Crippen molar-refractivity contribution in [2.75, 3.05) is 13.1 Å². The Morgan fingerprint density at radius 2 is 1.62 bits per heavy atom. The highest BCUT2D eigenvalue weighted by molar-refractivity contribution is 6.29. The van der Waals surface area contributed by atoms with Crippen molar-refractivity contribution in [1.29, 1.82) is 0 Å². The lowest BCUT2D eigenvalue weighted by molar-refractivity contribution is 0.942. The molecule has 0 saturated carbocycles. The van der Waals surface area contributed by atoms with Crippen LogP contribution in [-0.2, 0) is 0 Å². The van der Waals surface area contributed by atoms with E-state index in [9.17, 15) is 0 Å². The summed E-state index contributed by atoms with van der Waals surface area (Å²) in [5.41, 5.74) is 9.00. The van der Waals surface area contributed by atoms with Crippen LogP contribution < -0.4 is 21.7 Å². The zero-order valence-electron chi connectivity index (χ0n) is 4.72. The standard InChI is InChI=1S/C2H6BN2.BH4N2/c1-2-5-3-4-1;2-1-3/h4-5H,1-2H2;2-3H2. The van der Waals surface area contributed by atoms with E-state index in [0.29, 0.717) is 0 Å². The van der Waals surface area contributed by atoms with Crippen molar-refractivity contribution < 1.29 is 0 Å². The highest BCUT2D eigenvalue weighted by Crippen LogP contribution is 1.58. The third-order valence-corrected chi connectivity index (χ3v) is 0.618. The van der Waals surface area contributed by atoms with Crippen LogP contribution in [0.25, 0.3) is 0 Å². The molecule has 0 aliphatic carbocycles. The molecule has 0 aromatic carbocycles. The summed E-state index contributed by atoms with van der Waals surface area (Å²) < 4.78 is 0. The van der Waals surface area contributed by atoms with E-state index in [4.69, 9.17) is 0 Å². The summed E-state index contributed by atoms with van der Waals surface area (Å²) >= 11 is 0. The first-order chi connectivity index (χ1) is 3.91. The molecule has 1 rings (SSSR count). The van der Waals surface area contributed by atoms with Crippen LogP contribution in [0.2, 0.25) is 0 Å². The first kappa shape index (κ1) is 7.97. The van der Waals surface area contributed by atoms with E-state index in [1.807, 2.05) is 7.55 Å². The molecule has 4 nitrogen and oxygen atoms in total. The Morgan fingerprint density at radius 3 is 1.75 bits per heavy atom. The molecule has 1 heterocycles. The van der Waals surface area contributed by atoms with E-state index in [-0.39, 0.29) is 0 Å². The van der Waals surface area contributed by atoms with Crippen molar-refractivity contribution in [1.82, 2.24) is 10.5 Å². The van der Waals surface area contributed by atoms with Crippen molar-refractivity contribution in [3.05, 3.63) is 0 Å². The van der Waals surface area contributed by atoms with Gasteiger partial charge in [-0.25, -0.2) is 0 Å². The molecular weight excluding hydrogens is 102 g/mol. The lowest BCUT2D eigenvalue weighted by Gasteiger charge is -1.73. The molecule has 0 aromatic heterocycles. The predicted octanol–water partition coefficient (Wildman–Crippen LogP) is -2.85. The van der Waals surface area contributed by atoms with Gasteiger partial charge in [0.2, 0.25) is 0 Å². The first-order valence-electron chi connectivity index (χ1n) is 2.45. The number of nitrogens with two attached hydrogens (primary N) is 2. The second-order valence-electron chi connectivity index (χ2n) is 1.25. The smallest absolute Gasteiger partial charge is 0.307 e. The molecule has 1 aliphatic rings. The fourth-order valence-electron chi connectivity index (χ4n) is 0.361. The van der Waals surface area contributed by atoms with Crippen LogP contribution in [-0.4, -0.2) is 28.2 Å². The fraction of sp³-hybridized carbons (Fsp3) is 1.00. The van der Waals surface area contributed by atoms with Gasteiger partial charge in [-0.2, -0.15) is 0 Å². The largest absolute Gasteiger partial charge is 0.360 e. The lowest BCUT2D eigenvalue weighted by atomic mass is 10.2. The Balaban J connectivity index is 0.000000145. The Kier molecular flexibility index (Phi) is 6.94. The number of hydrogen-bond donors (Lipinski definition) is 4. The average molecular weight is 112 g/mol. The molecular formula is C2H10B2N4. The van der Waals surface area contributed by atoms with Gasteiger partial charge in [-0.15, -0.1) is 0 Å². The summed E-state index contributed by atoms with van der Waals surface area (Å²) in [6, 6.07) is 0. The summed E-state index contributed by atoms with van der Waals surface area (Å²) in [7, 11) is 2.86. The van der Waals surface area contributed by atoms with Crippen LogP contribution in [0, 0.1) is 0 Å². The SMILES string of the molecule is N[B]N.[B]1NCCN1. The third-order valence-electron chi connectivity index (χ3n) is 0.618. The van der Waals surface area contributed by atoms with E-state index in [1.54, 1.807) is 0 Å². The van der Waals surface area contributed by atoms with Gasteiger partial charge in [0, 0.05) is 0 Å². The van der Waals surface area contributed by atoms with E-state index >= 15 is 0 Å². The molecule has 0 amide bonds. The Bertz CT molecular complexity index is 31.4. The maximum atomic E-state index is 4.50. The Morgan fingerprint density at radius 1 is 1.25 bits per heavy atom. The molecule has 2 radical (unpaired) electrons. The van der Waals surface area contributed by atoms with Crippen LogP contribution in [0.1, 0.15) is 0 Å². The summed E-state index contributed by atoms with van der Waals surface area (Å²) in [6.45, 7) is 2.17. The molecule has 0 bridgehead atoms. The Labute approximate surface area is 50.9 Å². The van der Waals surface area contributed by atoms with Crippen molar-refractivity contribution >= 4 is 15.1 Å². The number of nitrogens with one attached hydrogen (secondary N) is 2. The summed E-state index contributed by atoms with van der Waals surface area (Å²) in [5.74, 6) is 0. The molecule has 6 N–H and O–H groups in total. The van der Waals surface area contributed by atoms with E-state index < -0.39 is 0 Å². The van der Waals surface area contributed by atoms with E-state index in [2.05, 4.69) is 21.7 Å². The topological polar surface area (TPSA) is 76.1 Å². The highest BCUT2D eigenvalue weighted by Gasteiger charge is 1.94. The van der Waals surface area contributed by atoms with Gasteiger partial charge >= 0.3 is 15.1 Å².